The smallest absolute Gasteiger partial charge is 0.310 e. The lowest BCUT2D eigenvalue weighted by Crippen LogP contribution is -2.43. The van der Waals surface area contributed by atoms with E-state index in [1.165, 1.54) is 7.11 Å². The Hall–Kier alpha value is -2.30. The van der Waals surface area contributed by atoms with E-state index in [1.807, 2.05) is 12.2 Å². The van der Waals surface area contributed by atoms with E-state index in [0.717, 1.165) is 0 Å². The van der Waals surface area contributed by atoms with Crippen molar-refractivity contribution in [2.45, 2.75) is 19.8 Å². The molecular formula is C16H19NO4. The lowest BCUT2D eigenvalue weighted by molar-refractivity contribution is -0.154. The highest BCUT2D eigenvalue weighted by Gasteiger charge is 2.45. The quantitative estimate of drug-likeness (QED) is 0.836. The number of carbonyl (C=O) groups is 2. The van der Waals surface area contributed by atoms with E-state index in [2.05, 4.69) is 5.32 Å². The number of ether oxygens (including phenoxy) is 1. The van der Waals surface area contributed by atoms with Crippen LogP contribution in [0.5, 0.6) is 5.75 Å². The molecule has 1 aliphatic carbocycles. The zero-order valence-corrected chi connectivity index (χ0v) is 12.1. The van der Waals surface area contributed by atoms with Crippen LogP contribution in [-0.2, 0) is 9.59 Å². The van der Waals surface area contributed by atoms with Gasteiger partial charge in [0.05, 0.1) is 24.1 Å². The number of methoxy groups -OCH3 is 1. The van der Waals surface area contributed by atoms with Crippen LogP contribution in [0.3, 0.4) is 0 Å². The fourth-order valence-corrected chi connectivity index (χ4v) is 2.56. The molecule has 0 bridgehead atoms. The molecule has 2 atom stereocenters. The highest BCUT2D eigenvalue weighted by molar-refractivity contribution is 5.97. The Morgan fingerprint density at radius 1 is 1.33 bits per heavy atom. The standard InChI is InChI=1S/C16H19NO4/c1-16(15(19)20)10-6-5-7-11(16)14(18)17-12-8-3-4-9-13(12)21-2/h3-6,8-9,11H,7,10H2,1-2H3,(H,17,18)(H,19,20)/t11-,16-/m1/s1. The third kappa shape index (κ3) is 2.91. The number of nitrogens with one attached hydrogen (secondary N) is 1. The summed E-state index contributed by atoms with van der Waals surface area (Å²) in [5, 5.41) is 12.2. The number of carboxylic acid groups (broad SMARTS) is 1. The summed E-state index contributed by atoms with van der Waals surface area (Å²) >= 11 is 0. The SMILES string of the molecule is COc1ccccc1NC(=O)[C@H]1CC=CC[C@@]1(C)C(=O)O. The van der Waals surface area contributed by atoms with Crippen LogP contribution in [0.2, 0.25) is 0 Å². The Balaban J connectivity index is 2.23. The first-order valence-electron chi connectivity index (χ1n) is 6.81. The molecule has 0 aliphatic heterocycles. The van der Waals surface area contributed by atoms with E-state index >= 15 is 0 Å². The molecule has 2 rings (SSSR count). The van der Waals surface area contributed by atoms with Crippen molar-refractivity contribution < 1.29 is 19.4 Å². The van der Waals surface area contributed by atoms with Crippen LogP contribution in [0.15, 0.2) is 36.4 Å². The van der Waals surface area contributed by atoms with Crippen LogP contribution in [0, 0.1) is 11.3 Å². The van der Waals surface area contributed by atoms with Gasteiger partial charge in [0.15, 0.2) is 0 Å². The van der Waals surface area contributed by atoms with Crippen LogP contribution in [0.4, 0.5) is 5.69 Å². The molecule has 1 aliphatic rings. The van der Waals surface area contributed by atoms with Crippen molar-refractivity contribution in [3.8, 4) is 5.75 Å². The number of hydrogen-bond donors (Lipinski definition) is 2. The molecule has 0 saturated carbocycles. The second kappa shape index (κ2) is 5.99. The lowest BCUT2D eigenvalue weighted by Gasteiger charge is -2.34. The second-order valence-corrected chi connectivity index (χ2v) is 5.38. The highest BCUT2D eigenvalue weighted by Crippen LogP contribution is 2.39. The minimum Gasteiger partial charge on any atom is -0.495 e. The predicted octanol–water partition coefficient (Wildman–Crippen LogP) is 2.69. The summed E-state index contributed by atoms with van der Waals surface area (Å²) in [4.78, 5) is 24.0. The number of allylic oxidation sites excluding steroid dienone is 2. The van der Waals surface area contributed by atoms with E-state index < -0.39 is 17.3 Å². The largest absolute Gasteiger partial charge is 0.495 e. The fourth-order valence-electron chi connectivity index (χ4n) is 2.56. The summed E-state index contributed by atoms with van der Waals surface area (Å²) in [6.07, 6.45) is 4.45. The number of benzene rings is 1. The summed E-state index contributed by atoms with van der Waals surface area (Å²) in [5.41, 5.74) is -0.534. The van der Waals surface area contributed by atoms with E-state index in [1.54, 1.807) is 31.2 Å². The summed E-state index contributed by atoms with van der Waals surface area (Å²) < 4.78 is 5.19. The Kier molecular flexibility index (Phi) is 4.31. The van der Waals surface area contributed by atoms with Gasteiger partial charge in [-0.2, -0.15) is 0 Å². The molecule has 0 radical (unpaired) electrons. The van der Waals surface area contributed by atoms with E-state index in [4.69, 9.17) is 4.74 Å². The third-order valence-electron chi connectivity index (χ3n) is 4.02. The fraction of sp³-hybridized carbons (Fsp3) is 0.375. The van der Waals surface area contributed by atoms with Crippen LogP contribution >= 0.6 is 0 Å². The highest BCUT2D eigenvalue weighted by atomic mass is 16.5. The molecule has 0 spiro atoms. The Bertz CT molecular complexity index is 581. The molecule has 1 amide bonds. The number of amides is 1. The van der Waals surface area contributed by atoms with Gasteiger partial charge >= 0.3 is 5.97 Å². The number of carboxylic acids is 1. The molecule has 0 aromatic heterocycles. The zero-order valence-electron chi connectivity index (χ0n) is 12.1. The molecule has 0 fully saturated rings. The topological polar surface area (TPSA) is 75.6 Å². The Morgan fingerprint density at radius 3 is 2.71 bits per heavy atom. The monoisotopic (exact) mass is 289 g/mol. The summed E-state index contributed by atoms with van der Waals surface area (Å²) in [7, 11) is 1.52. The van der Waals surface area contributed by atoms with Gasteiger partial charge < -0.3 is 15.2 Å². The third-order valence-corrected chi connectivity index (χ3v) is 4.02. The molecular weight excluding hydrogens is 270 g/mol. The van der Waals surface area contributed by atoms with Gasteiger partial charge in [-0.15, -0.1) is 0 Å². The summed E-state index contributed by atoms with van der Waals surface area (Å²) in [5.74, 6) is -1.31. The van der Waals surface area contributed by atoms with E-state index in [9.17, 15) is 14.7 Å². The van der Waals surface area contributed by atoms with Crippen molar-refractivity contribution in [2.75, 3.05) is 12.4 Å². The molecule has 0 unspecified atom stereocenters. The Labute approximate surface area is 123 Å². The van der Waals surface area contributed by atoms with Crippen LogP contribution in [-0.4, -0.2) is 24.1 Å². The van der Waals surface area contributed by atoms with E-state index in [0.29, 0.717) is 24.3 Å². The predicted molar refractivity (Wildman–Crippen MR) is 79.2 cm³/mol. The minimum atomic E-state index is -1.08. The second-order valence-electron chi connectivity index (χ2n) is 5.38. The number of hydrogen-bond acceptors (Lipinski definition) is 3. The average molecular weight is 289 g/mol. The Morgan fingerprint density at radius 2 is 2.05 bits per heavy atom. The van der Waals surface area contributed by atoms with Crippen LogP contribution in [0.1, 0.15) is 19.8 Å². The van der Waals surface area contributed by atoms with Crippen molar-refractivity contribution in [1.29, 1.82) is 0 Å². The first-order valence-corrected chi connectivity index (χ1v) is 6.81. The number of carbonyl (C=O) groups excluding carboxylic acids is 1. The molecule has 2 N–H and O–H groups in total. The van der Waals surface area contributed by atoms with Crippen molar-refractivity contribution in [2.24, 2.45) is 11.3 Å². The first-order chi connectivity index (χ1) is 9.99. The van der Waals surface area contributed by atoms with Gasteiger partial charge in [-0.25, -0.2) is 0 Å². The van der Waals surface area contributed by atoms with Gasteiger partial charge in [-0.05, 0) is 31.9 Å². The average Bonchev–Trinajstić information content (AvgIpc) is 2.48. The first kappa shape index (κ1) is 15.1. The zero-order chi connectivity index (χ0) is 15.5. The van der Waals surface area contributed by atoms with Gasteiger partial charge in [-0.3, -0.25) is 9.59 Å². The molecule has 21 heavy (non-hydrogen) atoms. The summed E-state index contributed by atoms with van der Waals surface area (Å²) in [6.45, 7) is 1.62. The maximum absolute atomic E-state index is 12.5. The van der Waals surface area contributed by atoms with Crippen LogP contribution in [0.25, 0.3) is 0 Å². The molecule has 112 valence electrons. The van der Waals surface area contributed by atoms with Gasteiger partial charge in [0.25, 0.3) is 0 Å². The van der Waals surface area contributed by atoms with Crippen molar-refractivity contribution in [3.05, 3.63) is 36.4 Å². The van der Waals surface area contributed by atoms with Gasteiger partial charge in [0, 0.05) is 0 Å². The maximum atomic E-state index is 12.5. The molecule has 0 heterocycles. The minimum absolute atomic E-state index is 0.297. The molecule has 0 saturated heterocycles. The lowest BCUT2D eigenvalue weighted by atomic mass is 9.69. The normalized spacial score (nSPS) is 24.4. The number of rotatable bonds is 4. The van der Waals surface area contributed by atoms with Gasteiger partial charge in [0.1, 0.15) is 5.75 Å². The van der Waals surface area contributed by atoms with Crippen molar-refractivity contribution in [1.82, 2.24) is 0 Å². The number of para-hydroxylation sites is 2. The van der Waals surface area contributed by atoms with Gasteiger partial charge in [-0.1, -0.05) is 24.3 Å². The van der Waals surface area contributed by atoms with Crippen molar-refractivity contribution in [3.63, 3.8) is 0 Å². The maximum Gasteiger partial charge on any atom is 0.310 e. The number of anilines is 1. The van der Waals surface area contributed by atoms with E-state index in [-0.39, 0.29) is 5.91 Å². The van der Waals surface area contributed by atoms with Gasteiger partial charge in [0.2, 0.25) is 5.91 Å². The molecule has 5 heteroatoms. The van der Waals surface area contributed by atoms with Crippen LogP contribution < -0.4 is 10.1 Å². The summed E-state index contributed by atoms with van der Waals surface area (Å²) in [6, 6.07) is 7.06. The molecule has 1 aromatic carbocycles. The molecule has 5 nitrogen and oxygen atoms in total. The van der Waals surface area contributed by atoms with Crippen molar-refractivity contribution >= 4 is 17.6 Å². The molecule has 1 aromatic rings. The number of aliphatic carboxylic acids is 1.